The summed E-state index contributed by atoms with van der Waals surface area (Å²) >= 11 is 6.13. The number of nitrogens with one attached hydrogen (secondary N) is 1. The second-order valence-electron chi connectivity index (χ2n) is 5.99. The van der Waals surface area contributed by atoms with E-state index < -0.39 is 23.7 Å². The zero-order chi connectivity index (χ0) is 20.3. The van der Waals surface area contributed by atoms with Crippen molar-refractivity contribution in [1.82, 2.24) is 0 Å². The fourth-order valence-corrected chi connectivity index (χ4v) is 3.02. The summed E-state index contributed by atoms with van der Waals surface area (Å²) in [5, 5.41) is 8.60. The quantitative estimate of drug-likeness (QED) is 0.773. The van der Waals surface area contributed by atoms with Gasteiger partial charge in [-0.3, -0.25) is 14.6 Å². The Hall–Kier alpha value is -3.13. The fraction of sp³-hybridized carbons (Fsp3) is 0.211. The van der Waals surface area contributed by atoms with Crippen molar-refractivity contribution in [3.05, 3.63) is 53.3 Å². The molecule has 0 aliphatic carbocycles. The van der Waals surface area contributed by atoms with Crippen LogP contribution < -0.4 is 20.8 Å². The average Bonchev–Trinajstić information content (AvgIpc) is 3.11. The number of carbonyl (C=O) groups excluding carboxylic acids is 2. The van der Waals surface area contributed by atoms with E-state index in [1.807, 2.05) is 0 Å². The Kier molecular flexibility index (Phi) is 5.79. The lowest BCUT2D eigenvalue weighted by atomic mass is 10.1. The molecule has 3 N–H and O–H groups in total. The van der Waals surface area contributed by atoms with Gasteiger partial charge in [-0.1, -0.05) is 17.7 Å². The normalized spacial score (nSPS) is 15.9. The van der Waals surface area contributed by atoms with Crippen LogP contribution >= 0.6 is 11.6 Å². The van der Waals surface area contributed by atoms with Crippen LogP contribution in [0.3, 0.4) is 0 Å². The number of hydrazone groups is 1. The Morgan fingerprint density at radius 1 is 1.32 bits per heavy atom. The van der Waals surface area contributed by atoms with Crippen molar-refractivity contribution in [2.24, 2.45) is 10.8 Å². The average molecular weight is 405 g/mol. The van der Waals surface area contributed by atoms with E-state index in [0.29, 0.717) is 28.8 Å². The minimum Gasteiger partial charge on any atom is -0.490 e. The molecule has 28 heavy (non-hydrogen) atoms. The van der Waals surface area contributed by atoms with Crippen molar-refractivity contribution in [3.63, 3.8) is 0 Å². The molecule has 1 unspecified atom stereocenters. The van der Waals surface area contributed by atoms with Crippen LogP contribution in [0, 0.1) is 5.82 Å². The van der Waals surface area contributed by atoms with Gasteiger partial charge in [-0.2, -0.15) is 5.10 Å². The van der Waals surface area contributed by atoms with Gasteiger partial charge in [0.05, 0.1) is 23.0 Å². The molecule has 0 saturated heterocycles. The lowest BCUT2D eigenvalue weighted by molar-refractivity contribution is -0.119. The molecule has 2 aromatic carbocycles. The lowest BCUT2D eigenvalue weighted by Gasteiger charge is -2.20. The second-order valence-corrected chi connectivity index (χ2v) is 6.40. The Morgan fingerprint density at radius 2 is 2.04 bits per heavy atom. The Morgan fingerprint density at radius 3 is 2.68 bits per heavy atom. The minimum atomic E-state index is -0.850. The van der Waals surface area contributed by atoms with Crippen LogP contribution in [0.15, 0.2) is 47.6 Å². The summed E-state index contributed by atoms with van der Waals surface area (Å²) in [6, 6.07) is 9.51. The molecule has 1 aliphatic heterocycles. The van der Waals surface area contributed by atoms with E-state index >= 15 is 0 Å². The van der Waals surface area contributed by atoms with E-state index in [2.05, 4.69) is 10.4 Å². The third-order valence-electron chi connectivity index (χ3n) is 4.10. The number of amides is 2. The molecular formula is C19H18ClFN4O3. The summed E-state index contributed by atoms with van der Waals surface area (Å²) in [7, 11) is 0. The third kappa shape index (κ3) is 4.07. The van der Waals surface area contributed by atoms with Crippen LogP contribution in [-0.2, 0) is 9.59 Å². The summed E-state index contributed by atoms with van der Waals surface area (Å²) in [5.74, 6) is -1.24. The first-order valence-electron chi connectivity index (χ1n) is 8.55. The third-order valence-corrected chi connectivity index (χ3v) is 4.39. The predicted molar refractivity (Wildman–Crippen MR) is 105 cm³/mol. The highest BCUT2D eigenvalue weighted by molar-refractivity contribution is 6.44. The predicted octanol–water partition coefficient (Wildman–Crippen LogP) is 2.94. The Labute approximate surface area is 165 Å². The van der Waals surface area contributed by atoms with E-state index in [1.54, 1.807) is 25.1 Å². The number of primary amides is 1. The standard InChI is InChI=1S/C19H18ClFN4O3/c1-2-28-17-13(20)4-3-5-14(17)23-19(27)15-10-16(18(22)26)25(24-15)12-8-6-11(21)7-9-12/h3-9,16H,2,10H2,1H3,(H2,22,26)(H,23,27). The number of hydrogen-bond donors (Lipinski definition) is 2. The number of anilines is 2. The van der Waals surface area contributed by atoms with Gasteiger partial charge in [0.1, 0.15) is 17.6 Å². The first-order valence-corrected chi connectivity index (χ1v) is 8.92. The molecule has 1 heterocycles. The van der Waals surface area contributed by atoms with E-state index in [1.165, 1.54) is 29.3 Å². The van der Waals surface area contributed by atoms with Crippen molar-refractivity contribution in [2.75, 3.05) is 16.9 Å². The molecule has 0 spiro atoms. The van der Waals surface area contributed by atoms with Gasteiger partial charge in [0.15, 0.2) is 5.75 Å². The summed E-state index contributed by atoms with van der Waals surface area (Å²) in [6.07, 6.45) is 0.0169. The van der Waals surface area contributed by atoms with Gasteiger partial charge in [0, 0.05) is 6.42 Å². The van der Waals surface area contributed by atoms with Crippen molar-refractivity contribution in [2.45, 2.75) is 19.4 Å². The van der Waals surface area contributed by atoms with Crippen LogP contribution in [-0.4, -0.2) is 30.2 Å². The molecule has 3 rings (SSSR count). The molecule has 2 amide bonds. The van der Waals surface area contributed by atoms with E-state index in [0.717, 1.165) is 0 Å². The molecule has 146 valence electrons. The highest BCUT2D eigenvalue weighted by Crippen LogP contribution is 2.33. The molecule has 7 nitrogen and oxygen atoms in total. The van der Waals surface area contributed by atoms with Gasteiger partial charge in [-0.15, -0.1) is 0 Å². The smallest absolute Gasteiger partial charge is 0.272 e. The van der Waals surface area contributed by atoms with Gasteiger partial charge in [-0.25, -0.2) is 4.39 Å². The number of benzene rings is 2. The zero-order valence-electron chi connectivity index (χ0n) is 15.0. The van der Waals surface area contributed by atoms with Crippen LogP contribution in [0.5, 0.6) is 5.75 Å². The Balaban J connectivity index is 1.86. The molecule has 0 bridgehead atoms. The van der Waals surface area contributed by atoms with Crippen LogP contribution in [0.2, 0.25) is 5.02 Å². The first-order chi connectivity index (χ1) is 13.4. The maximum absolute atomic E-state index is 13.2. The zero-order valence-corrected chi connectivity index (χ0v) is 15.7. The number of carbonyl (C=O) groups is 2. The molecular weight excluding hydrogens is 387 g/mol. The summed E-state index contributed by atoms with van der Waals surface area (Å²) in [5.41, 5.74) is 6.40. The van der Waals surface area contributed by atoms with Crippen LogP contribution in [0.4, 0.5) is 15.8 Å². The molecule has 0 fully saturated rings. The number of para-hydroxylation sites is 1. The van der Waals surface area contributed by atoms with Crippen LogP contribution in [0.25, 0.3) is 0 Å². The molecule has 0 aromatic heterocycles. The first kappa shape index (κ1) is 19.6. The number of hydrogen-bond acceptors (Lipinski definition) is 5. The molecule has 1 aliphatic rings. The highest BCUT2D eigenvalue weighted by atomic mass is 35.5. The molecule has 9 heteroatoms. The lowest BCUT2D eigenvalue weighted by Crippen LogP contribution is -2.39. The van der Waals surface area contributed by atoms with Gasteiger partial charge in [0.2, 0.25) is 5.91 Å². The maximum Gasteiger partial charge on any atom is 0.272 e. The minimum absolute atomic E-state index is 0.0169. The van der Waals surface area contributed by atoms with Crippen LogP contribution in [0.1, 0.15) is 13.3 Å². The Bertz CT molecular complexity index is 933. The summed E-state index contributed by atoms with van der Waals surface area (Å²) in [4.78, 5) is 24.5. The molecule has 0 radical (unpaired) electrons. The molecule has 1 atom stereocenters. The van der Waals surface area contributed by atoms with Crippen molar-refractivity contribution >= 4 is 40.5 Å². The number of halogens is 2. The van der Waals surface area contributed by atoms with Crippen molar-refractivity contribution in [3.8, 4) is 5.75 Å². The van der Waals surface area contributed by atoms with E-state index in [4.69, 9.17) is 22.1 Å². The van der Waals surface area contributed by atoms with Gasteiger partial charge in [-0.05, 0) is 43.3 Å². The van der Waals surface area contributed by atoms with Gasteiger partial charge >= 0.3 is 0 Å². The monoisotopic (exact) mass is 404 g/mol. The number of nitrogens with two attached hydrogens (primary N) is 1. The largest absolute Gasteiger partial charge is 0.490 e. The fourth-order valence-electron chi connectivity index (χ4n) is 2.79. The highest BCUT2D eigenvalue weighted by Gasteiger charge is 2.35. The maximum atomic E-state index is 13.2. The van der Waals surface area contributed by atoms with Crippen molar-refractivity contribution < 1.29 is 18.7 Å². The second kappa shape index (κ2) is 8.26. The number of nitrogens with zero attached hydrogens (tertiary/aromatic N) is 2. The van der Waals surface area contributed by atoms with E-state index in [-0.39, 0.29) is 12.1 Å². The number of rotatable bonds is 6. The molecule has 2 aromatic rings. The van der Waals surface area contributed by atoms with Crippen molar-refractivity contribution in [1.29, 1.82) is 0 Å². The van der Waals surface area contributed by atoms with Gasteiger partial charge in [0.25, 0.3) is 5.91 Å². The SMILES string of the molecule is CCOc1c(Cl)cccc1NC(=O)C1=NN(c2ccc(F)cc2)C(C(N)=O)C1. The summed E-state index contributed by atoms with van der Waals surface area (Å²) < 4.78 is 18.7. The van der Waals surface area contributed by atoms with Gasteiger partial charge < -0.3 is 15.8 Å². The molecule has 0 saturated carbocycles. The topological polar surface area (TPSA) is 97.0 Å². The van der Waals surface area contributed by atoms with E-state index in [9.17, 15) is 14.0 Å². The summed E-state index contributed by atoms with van der Waals surface area (Å²) in [6.45, 7) is 2.17. The number of ether oxygens (including phenoxy) is 1.